The smallest absolute Gasteiger partial charge is 0.321 e. The van der Waals surface area contributed by atoms with Crippen molar-refractivity contribution in [2.75, 3.05) is 5.43 Å². The Bertz CT molecular complexity index is 660. The lowest BCUT2D eigenvalue weighted by Gasteiger charge is -2.14. The molecule has 0 aliphatic carbocycles. The minimum absolute atomic E-state index is 0.346. The molecule has 0 radical (unpaired) electrons. The molecule has 0 saturated heterocycles. The Morgan fingerprint density at radius 2 is 1.73 bits per heavy atom. The van der Waals surface area contributed by atoms with E-state index in [0.717, 1.165) is 18.2 Å². The molecule has 22 heavy (non-hydrogen) atoms. The molecule has 5 nitrogen and oxygen atoms in total. The first-order valence-corrected chi connectivity index (χ1v) is 6.27. The van der Waals surface area contributed by atoms with Crippen molar-refractivity contribution in [3.8, 4) is 0 Å². The van der Waals surface area contributed by atoms with E-state index in [2.05, 4.69) is 10.9 Å². The summed E-state index contributed by atoms with van der Waals surface area (Å²) in [4.78, 5) is 10.1. The highest BCUT2D eigenvalue weighted by atomic mass is 19.4. The summed E-state index contributed by atoms with van der Waals surface area (Å²) in [6.07, 6.45) is -4.66. The topological polar surface area (TPSA) is 67.2 Å². The van der Waals surface area contributed by atoms with Crippen LogP contribution in [0, 0.1) is 10.1 Å². The van der Waals surface area contributed by atoms with E-state index in [4.69, 9.17) is 0 Å². The van der Waals surface area contributed by atoms with Gasteiger partial charge in [-0.3, -0.25) is 10.1 Å². The van der Waals surface area contributed by atoms with Crippen molar-refractivity contribution in [2.45, 2.75) is 12.7 Å². The van der Waals surface area contributed by atoms with Crippen LogP contribution in [-0.4, -0.2) is 4.92 Å². The van der Waals surface area contributed by atoms with Crippen LogP contribution in [0.25, 0.3) is 0 Å². The lowest BCUT2D eigenvalue weighted by molar-refractivity contribution is -0.385. The van der Waals surface area contributed by atoms with E-state index in [9.17, 15) is 23.3 Å². The number of nitro groups is 1. The van der Waals surface area contributed by atoms with Gasteiger partial charge in [0.1, 0.15) is 0 Å². The van der Waals surface area contributed by atoms with Crippen LogP contribution in [0.5, 0.6) is 0 Å². The first kappa shape index (κ1) is 15.8. The van der Waals surface area contributed by atoms with Gasteiger partial charge in [-0.2, -0.15) is 13.2 Å². The number of hydrazine groups is 1. The molecule has 116 valence electrons. The van der Waals surface area contributed by atoms with Gasteiger partial charge in [0.25, 0.3) is 5.69 Å². The summed E-state index contributed by atoms with van der Waals surface area (Å²) in [5, 5.41) is 10.9. The number of hydrogen-bond acceptors (Lipinski definition) is 4. The SMILES string of the molecule is O=[N+]([O-])c1cccc(C(F)(F)F)c1CNNc1ccccc1. The fraction of sp³-hybridized carbons (Fsp3) is 0.143. The van der Waals surface area contributed by atoms with E-state index >= 15 is 0 Å². The Morgan fingerprint density at radius 3 is 2.32 bits per heavy atom. The third-order valence-corrected chi connectivity index (χ3v) is 2.93. The van der Waals surface area contributed by atoms with E-state index in [1.165, 1.54) is 0 Å². The van der Waals surface area contributed by atoms with Crippen LogP contribution in [0.2, 0.25) is 0 Å². The van der Waals surface area contributed by atoms with Crippen LogP contribution in [0.4, 0.5) is 24.5 Å². The number of benzene rings is 2. The number of alkyl halides is 3. The Labute approximate surface area is 123 Å². The fourth-order valence-corrected chi connectivity index (χ4v) is 1.95. The second-order valence-electron chi connectivity index (χ2n) is 4.40. The van der Waals surface area contributed by atoms with Crippen molar-refractivity contribution in [3.63, 3.8) is 0 Å². The molecule has 0 aliphatic heterocycles. The third-order valence-electron chi connectivity index (χ3n) is 2.93. The molecule has 0 aliphatic rings. The quantitative estimate of drug-likeness (QED) is 0.652. The minimum Gasteiger partial charge on any atom is -0.321 e. The average Bonchev–Trinajstić information content (AvgIpc) is 2.47. The van der Waals surface area contributed by atoms with Gasteiger partial charge in [0.15, 0.2) is 0 Å². The number of halogens is 3. The van der Waals surface area contributed by atoms with E-state index in [1.54, 1.807) is 30.3 Å². The lowest BCUT2D eigenvalue weighted by atomic mass is 10.1. The van der Waals surface area contributed by atoms with Crippen molar-refractivity contribution in [3.05, 3.63) is 69.8 Å². The number of para-hydroxylation sites is 1. The number of hydrogen-bond donors (Lipinski definition) is 2. The third kappa shape index (κ3) is 3.73. The van der Waals surface area contributed by atoms with Gasteiger partial charge in [-0.05, 0) is 18.2 Å². The molecule has 2 aromatic rings. The number of nitro benzene ring substituents is 1. The van der Waals surface area contributed by atoms with E-state index in [1.807, 2.05) is 0 Å². The van der Waals surface area contributed by atoms with Crippen LogP contribution in [0.15, 0.2) is 48.5 Å². The number of rotatable bonds is 5. The zero-order valence-corrected chi connectivity index (χ0v) is 11.2. The van der Waals surface area contributed by atoms with Crippen molar-refractivity contribution < 1.29 is 18.1 Å². The van der Waals surface area contributed by atoms with Gasteiger partial charge in [-0.25, -0.2) is 5.43 Å². The maximum atomic E-state index is 13.0. The molecule has 0 atom stereocenters. The van der Waals surface area contributed by atoms with Crippen molar-refractivity contribution in [1.29, 1.82) is 0 Å². The number of nitrogens with zero attached hydrogens (tertiary/aromatic N) is 1. The predicted molar refractivity (Wildman–Crippen MR) is 75.0 cm³/mol. The Morgan fingerprint density at radius 1 is 1.05 bits per heavy atom. The van der Waals surface area contributed by atoms with Crippen molar-refractivity contribution in [1.82, 2.24) is 5.43 Å². The number of anilines is 1. The highest BCUT2D eigenvalue weighted by molar-refractivity contribution is 5.47. The standard InChI is InChI=1S/C14H12F3N3O2/c15-14(16,17)12-7-4-8-13(20(21)22)11(12)9-18-19-10-5-2-1-3-6-10/h1-8,18-19H,9H2. The first-order valence-electron chi connectivity index (χ1n) is 6.27. The summed E-state index contributed by atoms with van der Waals surface area (Å²) in [6, 6.07) is 11.6. The fourth-order valence-electron chi connectivity index (χ4n) is 1.95. The van der Waals surface area contributed by atoms with E-state index < -0.39 is 27.9 Å². The molecule has 0 amide bonds. The average molecular weight is 311 g/mol. The lowest BCUT2D eigenvalue weighted by Crippen LogP contribution is -2.23. The van der Waals surface area contributed by atoms with Crippen molar-refractivity contribution in [2.24, 2.45) is 0 Å². The van der Waals surface area contributed by atoms with Crippen molar-refractivity contribution >= 4 is 11.4 Å². The van der Waals surface area contributed by atoms with Crippen LogP contribution in [0.3, 0.4) is 0 Å². The molecule has 2 N–H and O–H groups in total. The summed E-state index contributed by atoms with van der Waals surface area (Å²) >= 11 is 0. The largest absolute Gasteiger partial charge is 0.416 e. The summed E-state index contributed by atoms with van der Waals surface area (Å²) in [5.74, 6) is 0. The summed E-state index contributed by atoms with van der Waals surface area (Å²) < 4.78 is 38.9. The van der Waals surface area contributed by atoms with Crippen LogP contribution < -0.4 is 10.9 Å². The van der Waals surface area contributed by atoms with Gasteiger partial charge in [0.05, 0.1) is 16.1 Å². The highest BCUT2D eigenvalue weighted by Crippen LogP contribution is 2.35. The van der Waals surface area contributed by atoms with Crippen LogP contribution in [-0.2, 0) is 12.7 Å². The van der Waals surface area contributed by atoms with Crippen LogP contribution >= 0.6 is 0 Å². The summed E-state index contributed by atoms with van der Waals surface area (Å²) in [6.45, 7) is -0.346. The normalized spacial score (nSPS) is 11.2. The molecule has 0 unspecified atom stereocenters. The molecule has 0 saturated carbocycles. The van der Waals surface area contributed by atoms with E-state index in [-0.39, 0.29) is 6.54 Å². The molecular formula is C14H12F3N3O2. The molecule has 0 fully saturated rings. The molecule has 0 aromatic heterocycles. The molecule has 0 heterocycles. The molecule has 0 spiro atoms. The van der Waals surface area contributed by atoms with Gasteiger partial charge >= 0.3 is 6.18 Å². The summed E-state index contributed by atoms with van der Waals surface area (Å²) in [7, 11) is 0. The molecular weight excluding hydrogens is 299 g/mol. The Kier molecular flexibility index (Phi) is 4.62. The Balaban J connectivity index is 2.22. The van der Waals surface area contributed by atoms with Gasteiger partial charge < -0.3 is 5.43 Å². The molecule has 0 bridgehead atoms. The zero-order chi connectivity index (χ0) is 16.2. The zero-order valence-electron chi connectivity index (χ0n) is 11.2. The molecule has 8 heteroatoms. The van der Waals surface area contributed by atoms with Gasteiger partial charge in [-0.15, -0.1) is 0 Å². The van der Waals surface area contributed by atoms with Gasteiger partial charge in [0, 0.05) is 18.3 Å². The summed E-state index contributed by atoms with van der Waals surface area (Å²) in [5.41, 5.74) is 3.89. The second-order valence-corrected chi connectivity index (χ2v) is 4.40. The Hall–Kier alpha value is -2.61. The monoisotopic (exact) mass is 311 g/mol. The highest BCUT2D eigenvalue weighted by Gasteiger charge is 2.36. The van der Waals surface area contributed by atoms with E-state index in [0.29, 0.717) is 5.69 Å². The molecule has 2 rings (SSSR count). The second kappa shape index (κ2) is 6.44. The van der Waals surface area contributed by atoms with Gasteiger partial charge in [0.2, 0.25) is 0 Å². The van der Waals surface area contributed by atoms with Crippen LogP contribution in [0.1, 0.15) is 11.1 Å². The first-order chi connectivity index (χ1) is 10.4. The maximum Gasteiger partial charge on any atom is 0.416 e. The predicted octanol–water partition coefficient (Wildman–Crippen LogP) is 3.73. The maximum absolute atomic E-state index is 13.0. The van der Waals surface area contributed by atoms with Gasteiger partial charge in [-0.1, -0.05) is 24.3 Å². The molecule has 2 aromatic carbocycles. The minimum atomic E-state index is -4.66. The number of nitrogens with one attached hydrogen (secondary N) is 2.